The zero-order chi connectivity index (χ0) is 18.8. The quantitative estimate of drug-likeness (QED) is 0.624. The van der Waals surface area contributed by atoms with Crippen molar-refractivity contribution in [1.29, 1.82) is 0 Å². The molecule has 2 aromatic rings. The number of halogens is 1. The predicted molar refractivity (Wildman–Crippen MR) is 94.1 cm³/mol. The van der Waals surface area contributed by atoms with Crippen LogP contribution in [0.1, 0.15) is 19.4 Å². The summed E-state index contributed by atoms with van der Waals surface area (Å²) in [7, 11) is -3.74. The van der Waals surface area contributed by atoms with Crippen molar-refractivity contribution in [3.8, 4) is 0 Å². The fraction of sp³-hybridized carbons (Fsp3) is 0.294. The van der Waals surface area contributed by atoms with Gasteiger partial charge in [0.05, 0.1) is 4.92 Å². The van der Waals surface area contributed by atoms with Gasteiger partial charge < -0.3 is 5.32 Å². The van der Waals surface area contributed by atoms with Crippen LogP contribution in [0, 0.1) is 15.9 Å². The van der Waals surface area contributed by atoms with Crippen LogP contribution in [0.3, 0.4) is 0 Å². The third kappa shape index (κ3) is 4.54. The molecule has 0 amide bonds. The molecule has 2 aromatic carbocycles. The largest absolute Gasteiger partial charge is 0.384 e. The molecule has 0 fully saturated rings. The lowest BCUT2D eigenvalue weighted by atomic mass is 9.84. The van der Waals surface area contributed by atoms with E-state index in [1.165, 1.54) is 24.3 Å². The van der Waals surface area contributed by atoms with Crippen molar-refractivity contribution in [3.63, 3.8) is 0 Å². The second-order valence-corrected chi connectivity index (χ2v) is 8.44. The fourth-order valence-corrected chi connectivity index (χ4v) is 3.27. The van der Waals surface area contributed by atoms with E-state index in [9.17, 15) is 22.9 Å². The second-order valence-electron chi connectivity index (χ2n) is 6.46. The first-order valence-corrected chi connectivity index (χ1v) is 9.38. The number of hydrogen-bond acceptors (Lipinski definition) is 5. The van der Waals surface area contributed by atoms with Crippen LogP contribution >= 0.6 is 0 Å². The monoisotopic (exact) mass is 366 g/mol. The van der Waals surface area contributed by atoms with Crippen molar-refractivity contribution in [3.05, 3.63) is 64.0 Å². The van der Waals surface area contributed by atoms with Gasteiger partial charge in [0.25, 0.3) is 5.69 Å². The number of rotatable bonds is 6. The van der Waals surface area contributed by atoms with Gasteiger partial charge in [0.15, 0.2) is 9.84 Å². The predicted octanol–water partition coefficient (Wildman–Crippen LogP) is 3.53. The molecule has 0 aliphatic heterocycles. The molecule has 0 saturated heterocycles. The molecular weight excluding hydrogens is 347 g/mol. The van der Waals surface area contributed by atoms with Crippen molar-refractivity contribution >= 4 is 21.2 Å². The maximum absolute atomic E-state index is 13.4. The van der Waals surface area contributed by atoms with Gasteiger partial charge in [-0.05, 0) is 29.8 Å². The summed E-state index contributed by atoms with van der Waals surface area (Å²) in [5, 5.41) is 14.1. The van der Waals surface area contributed by atoms with Gasteiger partial charge in [0.2, 0.25) is 0 Å². The van der Waals surface area contributed by atoms with Gasteiger partial charge >= 0.3 is 0 Å². The molecule has 0 aliphatic rings. The normalized spacial score (nSPS) is 12.0. The van der Waals surface area contributed by atoms with Crippen LogP contribution in [0.15, 0.2) is 47.4 Å². The molecule has 0 bridgehead atoms. The van der Waals surface area contributed by atoms with Crippen LogP contribution in [-0.2, 0) is 15.3 Å². The van der Waals surface area contributed by atoms with Gasteiger partial charge in [-0.25, -0.2) is 12.8 Å². The average molecular weight is 366 g/mol. The fourth-order valence-electron chi connectivity index (χ4n) is 2.41. The Morgan fingerprint density at radius 1 is 1.20 bits per heavy atom. The summed E-state index contributed by atoms with van der Waals surface area (Å²) in [6.07, 6.45) is 0.926. The number of nitrogens with zero attached hydrogens (tertiary/aromatic N) is 1. The summed E-state index contributed by atoms with van der Waals surface area (Å²) in [4.78, 5) is 9.93. The summed E-state index contributed by atoms with van der Waals surface area (Å²) in [5.41, 5.74) is 0.327. The molecule has 0 heterocycles. The van der Waals surface area contributed by atoms with Crippen LogP contribution < -0.4 is 5.32 Å². The molecule has 8 heteroatoms. The van der Waals surface area contributed by atoms with Gasteiger partial charge in [-0.2, -0.15) is 0 Å². The molecule has 0 aliphatic carbocycles. The number of sulfone groups is 1. The molecule has 25 heavy (non-hydrogen) atoms. The van der Waals surface area contributed by atoms with Crippen molar-refractivity contribution in [2.45, 2.75) is 24.2 Å². The van der Waals surface area contributed by atoms with E-state index in [0.717, 1.165) is 17.9 Å². The van der Waals surface area contributed by atoms with Gasteiger partial charge in [-0.15, -0.1) is 0 Å². The third-order valence-corrected chi connectivity index (χ3v) is 5.02. The van der Waals surface area contributed by atoms with E-state index in [4.69, 9.17) is 0 Å². The number of hydrogen-bond donors (Lipinski definition) is 1. The average Bonchev–Trinajstić information content (AvgIpc) is 2.52. The number of benzene rings is 2. The van der Waals surface area contributed by atoms with E-state index < -0.39 is 25.9 Å². The van der Waals surface area contributed by atoms with Crippen LogP contribution in [0.2, 0.25) is 0 Å². The Morgan fingerprint density at radius 3 is 2.44 bits per heavy atom. The first-order chi connectivity index (χ1) is 11.5. The lowest BCUT2D eigenvalue weighted by Crippen LogP contribution is -2.27. The van der Waals surface area contributed by atoms with Gasteiger partial charge in [0.1, 0.15) is 10.7 Å². The highest BCUT2D eigenvalue weighted by Gasteiger charge is 2.24. The summed E-state index contributed by atoms with van der Waals surface area (Å²) in [6, 6.07) is 10.1. The molecule has 134 valence electrons. The van der Waals surface area contributed by atoms with Crippen LogP contribution in [-0.4, -0.2) is 26.1 Å². The van der Waals surface area contributed by atoms with E-state index in [2.05, 4.69) is 5.32 Å². The van der Waals surface area contributed by atoms with Crippen LogP contribution in [0.25, 0.3) is 0 Å². The van der Waals surface area contributed by atoms with Crippen LogP contribution in [0.4, 0.5) is 15.8 Å². The highest BCUT2D eigenvalue weighted by Crippen LogP contribution is 2.29. The summed E-state index contributed by atoms with van der Waals surface area (Å²) in [6.45, 7) is 4.22. The first-order valence-electron chi connectivity index (χ1n) is 7.49. The molecule has 0 atom stereocenters. The highest BCUT2D eigenvalue weighted by atomic mass is 32.2. The van der Waals surface area contributed by atoms with E-state index in [0.29, 0.717) is 12.2 Å². The first kappa shape index (κ1) is 18.9. The molecule has 0 spiro atoms. The maximum Gasteiger partial charge on any atom is 0.288 e. The molecule has 0 saturated carbocycles. The number of anilines is 1. The minimum atomic E-state index is -3.74. The minimum Gasteiger partial charge on any atom is -0.384 e. The number of nitro benzene ring substituents is 1. The lowest BCUT2D eigenvalue weighted by molar-refractivity contribution is -0.387. The van der Waals surface area contributed by atoms with Crippen molar-refractivity contribution in [1.82, 2.24) is 0 Å². The molecule has 0 aromatic heterocycles. The van der Waals surface area contributed by atoms with Gasteiger partial charge in [0, 0.05) is 30.0 Å². The summed E-state index contributed by atoms with van der Waals surface area (Å²) in [5.74, 6) is -0.333. The lowest BCUT2D eigenvalue weighted by Gasteiger charge is -2.26. The van der Waals surface area contributed by atoms with Crippen molar-refractivity contribution in [2.24, 2.45) is 0 Å². The van der Waals surface area contributed by atoms with E-state index >= 15 is 0 Å². The standard InChI is InChI=1S/C17H19FN2O4S/c1-17(2,12-5-4-6-13(18)9-12)11-19-14-7-8-15(20(21)22)16(10-14)25(3,23)24/h4-10,19H,11H2,1-3H3. The van der Waals surface area contributed by atoms with E-state index in [1.807, 2.05) is 19.9 Å². The van der Waals surface area contributed by atoms with Crippen LogP contribution in [0.5, 0.6) is 0 Å². The smallest absolute Gasteiger partial charge is 0.288 e. The topological polar surface area (TPSA) is 89.3 Å². The zero-order valence-corrected chi connectivity index (χ0v) is 14.9. The summed E-state index contributed by atoms with van der Waals surface area (Å²) < 4.78 is 37.0. The van der Waals surface area contributed by atoms with Crippen molar-refractivity contribution < 1.29 is 17.7 Å². The summed E-state index contributed by atoms with van der Waals surface area (Å²) >= 11 is 0. The maximum atomic E-state index is 13.4. The Hall–Kier alpha value is -2.48. The van der Waals surface area contributed by atoms with E-state index in [1.54, 1.807) is 6.07 Å². The second kappa shape index (κ2) is 6.79. The Kier molecular flexibility index (Phi) is 5.12. The number of nitro groups is 1. The molecule has 6 nitrogen and oxygen atoms in total. The Labute approximate surface area is 145 Å². The van der Waals surface area contributed by atoms with Crippen molar-refractivity contribution in [2.75, 3.05) is 18.1 Å². The molecular formula is C17H19FN2O4S. The number of nitrogens with one attached hydrogen (secondary N) is 1. The zero-order valence-electron chi connectivity index (χ0n) is 14.1. The molecule has 0 unspecified atom stereocenters. The molecule has 0 radical (unpaired) electrons. The van der Waals surface area contributed by atoms with Gasteiger partial charge in [-0.3, -0.25) is 10.1 Å². The minimum absolute atomic E-state index is 0.333. The SMILES string of the molecule is CC(C)(CNc1ccc([N+](=O)[O-])c(S(C)(=O)=O)c1)c1cccc(F)c1. The molecule has 1 N–H and O–H groups in total. The Balaban J connectivity index is 2.28. The Morgan fingerprint density at radius 2 is 1.88 bits per heavy atom. The van der Waals surface area contributed by atoms with E-state index in [-0.39, 0.29) is 10.7 Å². The third-order valence-electron chi connectivity index (χ3n) is 3.90. The highest BCUT2D eigenvalue weighted by molar-refractivity contribution is 7.90. The van der Waals surface area contributed by atoms with Gasteiger partial charge in [-0.1, -0.05) is 26.0 Å². The molecule has 2 rings (SSSR count). The Bertz CT molecular complexity index is 911.